The third kappa shape index (κ3) is 2.56. The summed E-state index contributed by atoms with van der Waals surface area (Å²) in [5, 5.41) is 30.7. The number of aromatic hydroxyl groups is 3. The maximum Gasteiger partial charge on any atom is 0.127 e. The Hall–Kier alpha value is -2.16. The molecule has 0 aliphatic heterocycles. The first-order valence-electron chi connectivity index (χ1n) is 7.42. The second-order valence-corrected chi connectivity index (χ2v) is 5.12. The molecule has 0 atom stereocenters. The van der Waals surface area contributed by atoms with Gasteiger partial charge in [0.1, 0.15) is 17.2 Å². The number of hydrogen-bond donors (Lipinski definition) is 3. The zero-order valence-electron chi connectivity index (χ0n) is 12.8. The van der Waals surface area contributed by atoms with Gasteiger partial charge in [-0.3, -0.25) is 0 Å². The molecule has 0 fully saturated rings. The number of rotatable bonds is 4. The molecule has 0 saturated heterocycles. The Bertz CT molecular complexity index is 640. The summed E-state index contributed by atoms with van der Waals surface area (Å²) < 4.78 is 0. The lowest BCUT2D eigenvalue weighted by atomic mass is 9.87. The van der Waals surface area contributed by atoms with Crippen molar-refractivity contribution in [3.8, 4) is 28.4 Å². The van der Waals surface area contributed by atoms with Gasteiger partial charge in [-0.1, -0.05) is 26.8 Å². The third-order valence-corrected chi connectivity index (χ3v) is 3.98. The van der Waals surface area contributed by atoms with Gasteiger partial charge in [0.15, 0.2) is 0 Å². The van der Waals surface area contributed by atoms with Gasteiger partial charge in [-0.25, -0.2) is 0 Å². The van der Waals surface area contributed by atoms with E-state index in [0.29, 0.717) is 11.1 Å². The van der Waals surface area contributed by atoms with Gasteiger partial charge < -0.3 is 15.3 Å². The van der Waals surface area contributed by atoms with Crippen molar-refractivity contribution in [2.45, 2.75) is 40.0 Å². The molecule has 21 heavy (non-hydrogen) atoms. The van der Waals surface area contributed by atoms with E-state index in [1.54, 1.807) is 12.1 Å². The van der Waals surface area contributed by atoms with Crippen LogP contribution in [0.25, 0.3) is 11.1 Å². The molecule has 0 spiro atoms. The minimum Gasteiger partial charge on any atom is -0.507 e. The van der Waals surface area contributed by atoms with Crippen LogP contribution in [0.15, 0.2) is 24.3 Å². The molecule has 0 radical (unpaired) electrons. The van der Waals surface area contributed by atoms with E-state index < -0.39 is 0 Å². The molecule has 112 valence electrons. The number of hydrogen-bond acceptors (Lipinski definition) is 3. The number of aryl methyl sites for hydroxylation is 1. The molecular weight excluding hydrogens is 264 g/mol. The molecular formula is C18H22O3. The average Bonchev–Trinajstić information content (AvgIpc) is 2.47. The van der Waals surface area contributed by atoms with Gasteiger partial charge in [0.25, 0.3) is 0 Å². The number of phenolic OH excluding ortho intramolecular Hbond substituents is 3. The molecule has 0 unspecified atom stereocenters. The van der Waals surface area contributed by atoms with Gasteiger partial charge in [-0.2, -0.15) is 0 Å². The minimum absolute atomic E-state index is 0.0219. The highest BCUT2D eigenvalue weighted by Crippen LogP contribution is 2.45. The molecule has 3 heteroatoms. The maximum atomic E-state index is 10.4. The van der Waals surface area contributed by atoms with Crippen LogP contribution in [0.3, 0.4) is 0 Å². The Morgan fingerprint density at radius 2 is 1.29 bits per heavy atom. The van der Waals surface area contributed by atoms with E-state index in [2.05, 4.69) is 13.8 Å². The Labute approximate surface area is 125 Å². The fourth-order valence-corrected chi connectivity index (χ4v) is 3.03. The summed E-state index contributed by atoms with van der Waals surface area (Å²) in [6, 6.07) is 6.37. The highest BCUT2D eigenvalue weighted by atomic mass is 16.3. The fraction of sp³-hybridized carbons (Fsp3) is 0.333. The zero-order valence-corrected chi connectivity index (χ0v) is 12.8. The monoisotopic (exact) mass is 286 g/mol. The molecule has 2 aromatic carbocycles. The van der Waals surface area contributed by atoms with Gasteiger partial charge in [-0.05, 0) is 54.2 Å². The molecule has 2 aromatic rings. The number of benzene rings is 2. The lowest BCUT2D eigenvalue weighted by Gasteiger charge is -2.19. The summed E-state index contributed by atoms with van der Waals surface area (Å²) in [7, 11) is 0. The second-order valence-electron chi connectivity index (χ2n) is 5.12. The smallest absolute Gasteiger partial charge is 0.127 e. The molecule has 2 rings (SSSR count). The summed E-state index contributed by atoms with van der Waals surface area (Å²) in [4.78, 5) is 0. The number of phenols is 3. The normalized spacial score (nSPS) is 10.8. The topological polar surface area (TPSA) is 60.7 Å². The molecule has 0 amide bonds. The Morgan fingerprint density at radius 1 is 0.714 bits per heavy atom. The first-order chi connectivity index (χ1) is 10.0. The van der Waals surface area contributed by atoms with E-state index in [4.69, 9.17) is 0 Å². The SMILES string of the molecule is CCc1cc(O)c(-c2c(O)cccc2O)c(CC)c1CC. The largest absolute Gasteiger partial charge is 0.507 e. The standard InChI is InChI=1S/C18H22O3/c1-4-11-10-16(21)17(13(6-3)12(11)5-2)18-14(19)8-7-9-15(18)20/h7-10,19-21H,4-6H2,1-3H3. The van der Waals surface area contributed by atoms with Crippen molar-refractivity contribution in [3.63, 3.8) is 0 Å². The van der Waals surface area contributed by atoms with Crippen LogP contribution in [0.4, 0.5) is 0 Å². The van der Waals surface area contributed by atoms with Crippen LogP contribution in [0.5, 0.6) is 17.2 Å². The lowest BCUT2D eigenvalue weighted by Crippen LogP contribution is -2.01. The zero-order chi connectivity index (χ0) is 15.6. The minimum atomic E-state index is -0.0219. The first kappa shape index (κ1) is 15.2. The van der Waals surface area contributed by atoms with E-state index in [-0.39, 0.29) is 17.2 Å². The van der Waals surface area contributed by atoms with Crippen LogP contribution < -0.4 is 0 Å². The molecule has 3 N–H and O–H groups in total. The second kappa shape index (κ2) is 6.08. The fourth-order valence-electron chi connectivity index (χ4n) is 3.03. The van der Waals surface area contributed by atoms with E-state index in [0.717, 1.165) is 30.4 Å². The van der Waals surface area contributed by atoms with Crippen LogP contribution in [0.2, 0.25) is 0 Å². The van der Waals surface area contributed by atoms with Crippen LogP contribution in [-0.2, 0) is 19.3 Å². The summed E-state index contributed by atoms with van der Waals surface area (Å²) >= 11 is 0. The molecule has 0 bridgehead atoms. The summed E-state index contributed by atoms with van der Waals surface area (Å²) in [6.45, 7) is 6.16. The van der Waals surface area contributed by atoms with Crippen LogP contribution >= 0.6 is 0 Å². The van der Waals surface area contributed by atoms with Crippen molar-refractivity contribution in [2.24, 2.45) is 0 Å². The van der Waals surface area contributed by atoms with E-state index in [1.165, 1.54) is 17.7 Å². The highest BCUT2D eigenvalue weighted by molar-refractivity contribution is 5.84. The Balaban J connectivity index is 2.86. The molecule has 0 saturated carbocycles. The van der Waals surface area contributed by atoms with Crippen molar-refractivity contribution >= 4 is 0 Å². The summed E-state index contributed by atoms with van der Waals surface area (Å²) in [6.07, 6.45) is 2.43. The van der Waals surface area contributed by atoms with Crippen molar-refractivity contribution in [2.75, 3.05) is 0 Å². The third-order valence-electron chi connectivity index (χ3n) is 3.98. The lowest BCUT2D eigenvalue weighted by molar-refractivity contribution is 0.449. The van der Waals surface area contributed by atoms with Gasteiger partial charge in [0, 0.05) is 5.56 Å². The Morgan fingerprint density at radius 3 is 1.76 bits per heavy atom. The van der Waals surface area contributed by atoms with Crippen LogP contribution in [-0.4, -0.2) is 15.3 Å². The van der Waals surface area contributed by atoms with E-state index in [9.17, 15) is 15.3 Å². The van der Waals surface area contributed by atoms with Crippen LogP contribution in [0, 0.1) is 0 Å². The average molecular weight is 286 g/mol. The summed E-state index contributed by atoms with van der Waals surface area (Å²) in [5.74, 6) is 0.0651. The first-order valence-corrected chi connectivity index (χ1v) is 7.42. The predicted octanol–water partition coefficient (Wildman–Crippen LogP) is 4.16. The Kier molecular flexibility index (Phi) is 4.41. The van der Waals surface area contributed by atoms with Crippen molar-refractivity contribution in [1.29, 1.82) is 0 Å². The quantitative estimate of drug-likeness (QED) is 0.791. The molecule has 0 aliphatic carbocycles. The van der Waals surface area contributed by atoms with Crippen molar-refractivity contribution < 1.29 is 15.3 Å². The van der Waals surface area contributed by atoms with Gasteiger partial charge in [0.05, 0.1) is 5.56 Å². The van der Waals surface area contributed by atoms with Gasteiger partial charge in [0.2, 0.25) is 0 Å². The molecule has 0 aromatic heterocycles. The molecule has 0 aliphatic rings. The highest BCUT2D eigenvalue weighted by Gasteiger charge is 2.21. The molecule has 3 nitrogen and oxygen atoms in total. The molecule has 0 heterocycles. The van der Waals surface area contributed by atoms with Gasteiger partial charge >= 0.3 is 0 Å². The summed E-state index contributed by atoms with van der Waals surface area (Å²) in [5.41, 5.74) is 4.15. The van der Waals surface area contributed by atoms with E-state index in [1.807, 2.05) is 6.92 Å². The van der Waals surface area contributed by atoms with Crippen molar-refractivity contribution in [1.82, 2.24) is 0 Å². The predicted molar refractivity (Wildman–Crippen MR) is 85.0 cm³/mol. The van der Waals surface area contributed by atoms with E-state index >= 15 is 0 Å². The van der Waals surface area contributed by atoms with Crippen molar-refractivity contribution in [3.05, 3.63) is 41.0 Å². The maximum absolute atomic E-state index is 10.4. The van der Waals surface area contributed by atoms with Gasteiger partial charge in [-0.15, -0.1) is 0 Å². The van der Waals surface area contributed by atoms with Crippen LogP contribution in [0.1, 0.15) is 37.5 Å².